The molecule has 4 saturated carbocycles. The third kappa shape index (κ3) is 4.01. The van der Waals surface area contributed by atoms with Gasteiger partial charge >= 0.3 is 12.0 Å². The molecule has 8 heteroatoms. The van der Waals surface area contributed by atoms with Gasteiger partial charge in [0.25, 0.3) is 5.91 Å². The molecule has 28 heavy (non-hydrogen) atoms. The molecule has 4 aliphatic carbocycles. The summed E-state index contributed by atoms with van der Waals surface area (Å²) in [7, 11) is 0. The van der Waals surface area contributed by atoms with Gasteiger partial charge in [0.1, 0.15) is 11.3 Å². The lowest BCUT2D eigenvalue weighted by Gasteiger charge is -2.56. The number of ether oxygens (including phenoxy) is 1. The Bertz CT molecular complexity index is 790. The fourth-order valence-electron chi connectivity index (χ4n) is 5.58. The zero-order valence-electron chi connectivity index (χ0n) is 15.4. The number of hydrogen-bond acceptors (Lipinski definition) is 5. The first-order valence-corrected chi connectivity index (χ1v) is 10.4. The van der Waals surface area contributed by atoms with Gasteiger partial charge < -0.3 is 15.2 Å². The van der Waals surface area contributed by atoms with Crippen molar-refractivity contribution < 1.29 is 24.2 Å². The van der Waals surface area contributed by atoms with Crippen molar-refractivity contribution in [1.82, 2.24) is 10.6 Å². The second-order valence-corrected chi connectivity index (χ2v) is 9.35. The van der Waals surface area contributed by atoms with Crippen LogP contribution in [0.5, 0.6) is 5.75 Å². The van der Waals surface area contributed by atoms with E-state index in [1.165, 1.54) is 31.4 Å². The number of phenols is 1. The van der Waals surface area contributed by atoms with Crippen molar-refractivity contribution >= 4 is 33.8 Å². The minimum atomic E-state index is -0.838. The van der Waals surface area contributed by atoms with Gasteiger partial charge in [0.2, 0.25) is 0 Å². The minimum Gasteiger partial charge on any atom is -0.507 e. The second-order valence-electron chi connectivity index (χ2n) is 8.44. The SMILES string of the molecule is O=C(COC(=O)c1cc(Br)ccc1O)NC(=O)NC12CC3CC(CC(C3)C1)C2. The Hall–Kier alpha value is -2.09. The molecule has 0 saturated heterocycles. The number of halogens is 1. The molecule has 1 aromatic carbocycles. The lowest BCUT2D eigenvalue weighted by Crippen LogP contribution is -2.62. The van der Waals surface area contributed by atoms with Gasteiger partial charge in [-0.2, -0.15) is 0 Å². The second kappa shape index (κ2) is 7.39. The molecule has 4 bridgehead atoms. The van der Waals surface area contributed by atoms with Crippen molar-refractivity contribution in [3.63, 3.8) is 0 Å². The van der Waals surface area contributed by atoms with Gasteiger partial charge in [-0.15, -0.1) is 0 Å². The molecule has 0 atom stereocenters. The van der Waals surface area contributed by atoms with E-state index >= 15 is 0 Å². The number of esters is 1. The first kappa shape index (κ1) is 19.2. The molecule has 4 aliphatic rings. The lowest BCUT2D eigenvalue weighted by atomic mass is 9.53. The maximum atomic E-state index is 12.3. The maximum absolute atomic E-state index is 12.3. The van der Waals surface area contributed by atoms with Crippen molar-refractivity contribution in [2.75, 3.05) is 6.61 Å². The molecule has 0 aliphatic heterocycles. The number of rotatable bonds is 4. The Kier molecular flexibility index (Phi) is 5.07. The van der Waals surface area contributed by atoms with Gasteiger partial charge in [-0.05, 0) is 74.5 Å². The quantitative estimate of drug-likeness (QED) is 0.611. The molecule has 3 N–H and O–H groups in total. The van der Waals surface area contributed by atoms with Crippen molar-refractivity contribution in [1.29, 1.82) is 0 Å². The Balaban J connectivity index is 1.28. The topological polar surface area (TPSA) is 105 Å². The Morgan fingerprint density at radius 3 is 2.32 bits per heavy atom. The van der Waals surface area contributed by atoms with Crippen LogP contribution in [0.15, 0.2) is 22.7 Å². The molecule has 0 heterocycles. The summed E-state index contributed by atoms with van der Waals surface area (Å²) in [4.78, 5) is 36.4. The summed E-state index contributed by atoms with van der Waals surface area (Å²) < 4.78 is 5.50. The van der Waals surface area contributed by atoms with Crippen LogP contribution in [0.1, 0.15) is 48.9 Å². The first-order chi connectivity index (χ1) is 13.3. The lowest BCUT2D eigenvalue weighted by molar-refractivity contribution is -0.123. The van der Waals surface area contributed by atoms with E-state index in [1.807, 2.05) is 0 Å². The summed E-state index contributed by atoms with van der Waals surface area (Å²) in [6.45, 7) is -0.598. The van der Waals surface area contributed by atoms with Crippen molar-refractivity contribution in [3.8, 4) is 5.75 Å². The molecule has 5 rings (SSSR count). The Labute approximate surface area is 171 Å². The zero-order chi connectivity index (χ0) is 19.9. The van der Waals surface area contributed by atoms with E-state index in [0.29, 0.717) is 22.2 Å². The third-order valence-corrected chi connectivity index (χ3v) is 6.68. The number of imide groups is 1. The van der Waals surface area contributed by atoms with Crippen LogP contribution < -0.4 is 10.6 Å². The summed E-state index contributed by atoms with van der Waals surface area (Å²) in [6.07, 6.45) is 6.74. The summed E-state index contributed by atoms with van der Waals surface area (Å²) >= 11 is 3.20. The standard InChI is InChI=1S/C20H23BrN2O5/c21-14-1-2-16(24)15(6-14)18(26)28-10-17(25)22-19(27)23-20-7-11-3-12(8-20)5-13(4-11)9-20/h1-2,6,11-13,24H,3-5,7-10H2,(H2,22,23,25,27). The van der Waals surface area contributed by atoms with Crippen molar-refractivity contribution in [3.05, 3.63) is 28.2 Å². The fraction of sp³-hybridized carbons (Fsp3) is 0.550. The van der Waals surface area contributed by atoms with Crippen molar-refractivity contribution in [2.24, 2.45) is 17.8 Å². The maximum Gasteiger partial charge on any atom is 0.342 e. The van der Waals surface area contributed by atoms with E-state index in [9.17, 15) is 19.5 Å². The van der Waals surface area contributed by atoms with Gasteiger partial charge in [-0.1, -0.05) is 15.9 Å². The molecule has 4 fully saturated rings. The third-order valence-electron chi connectivity index (χ3n) is 6.18. The number of urea groups is 1. The van der Waals surface area contributed by atoms with Gasteiger partial charge in [0.05, 0.1) is 0 Å². The number of carbonyl (C=O) groups is 3. The van der Waals surface area contributed by atoms with Crippen LogP contribution >= 0.6 is 15.9 Å². The largest absolute Gasteiger partial charge is 0.507 e. The molecular formula is C20H23BrN2O5. The van der Waals surface area contributed by atoms with Crippen LogP contribution in [-0.2, 0) is 9.53 Å². The van der Waals surface area contributed by atoms with Crippen LogP contribution in [0, 0.1) is 17.8 Å². The van der Waals surface area contributed by atoms with E-state index in [2.05, 4.69) is 26.6 Å². The number of phenolic OH excluding ortho intramolecular Hbond substituents is 1. The predicted octanol–water partition coefficient (Wildman–Crippen LogP) is 3.11. The average molecular weight is 451 g/mol. The van der Waals surface area contributed by atoms with E-state index in [4.69, 9.17) is 4.74 Å². The van der Waals surface area contributed by atoms with E-state index < -0.39 is 24.5 Å². The van der Waals surface area contributed by atoms with Crippen LogP contribution in [-0.4, -0.2) is 35.2 Å². The predicted molar refractivity (Wildman–Crippen MR) is 104 cm³/mol. The molecule has 0 unspecified atom stereocenters. The molecule has 3 amide bonds. The van der Waals surface area contributed by atoms with E-state index in [1.54, 1.807) is 6.07 Å². The first-order valence-electron chi connectivity index (χ1n) is 9.59. The molecule has 7 nitrogen and oxygen atoms in total. The van der Waals surface area contributed by atoms with Gasteiger partial charge in [0, 0.05) is 10.0 Å². The number of benzene rings is 1. The van der Waals surface area contributed by atoms with Gasteiger partial charge in [0.15, 0.2) is 6.61 Å². The number of nitrogens with one attached hydrogen (secondary N) is 2. The van der Waals surface area contributed by atoms with E-state index in [0.717, 1.165) is 19.3 Å². The molecule has 0 radical (unpaired) electrons. The van der Waals surface area contributed by atoms with Gasteiger partial charge in [-0.3, -0.25) is 10.1 Å². The van der Waals surface area contributed by atoms with Crippen molar-refractivity contribution in [2.45, 2.75) is 44.1 Å². The average Bonchev–Trinajstić information content (AvgIpc) is 2.60. The highest BCUT2D eigenvalue weighted by molar-refractivity contribution is 9.10. The van der Waals surface area contributed by atoms with Gasteiger partial charge in [-0.25, -0.2) is 9.59 Å². The Morgan fingerprint density at radius 2 is 1.71 bits per heavy atom. The molecule has 150 valence electrons. The minimum absolute atomic E-state index is 0.0554. The number of hydrogen-bond donors (Lipinski definition) is 3. The number of carbonyl (C=O) groups excluding carboxylic acids is 3. The monoisotopic (exact) mass is 450 g/mol. The van der Waals surface area contributed by atoms with Crippen LogP contribution in [0.4, 0.5) is 4.79 Å². The highest BCUT2D eigenvalue weighted by Crippen LogP contribution is 2.55. The molecule has 0 spiro atoms. The molecule has 0 aromatic heterocycles. The van der Waals surface area contributed by atoms with Crippen LogP contribution in [0.2, 0.25) is 0 Å². The highest BCUT2D eigenvalue weighted by atomic mass is 79.9. The van der Waals surface area contributed by atoms with Crippen LogP contribution in [0.25, 0.3) is 0 Å². The zero-order valence-corrected chi connectivity index (χ0v) is 17.0. The summed E-state index contributed by atoms with van der Waals surface area (Å²) in [5.41, 5.74) is -0.252. The summed E-state index contributed by atoms with van der Waals surface area (Å²) in [5.74, 6) is 0.261. The summed E-state index contributed by atoms with van der Waals surface area (Å²) in [6, 6.07) is 3.79. The Morgan fingerprint density at radius 1 is 1.11 bits per heavy atom. The van der Waals surface area contributed by atoms with E-state index in [-0.39, 0.29) is 16.9 Å². The fourth-order valence-corrected chi connectivity index (χ4v) is 5.94. The molecular weight excluding hydrogens is 428 g/mol. The summed E-state index contributed by atoms with van der Waals surface area (Å²) in [5, 5.41) is 15.0. The highest BCUT2D eigenvalue weighted by Gasteiger charge is 2.51. The normalized spacial score (nSPS) is 30.0. The molecule has 1 aromatic rings. The number of aromatic hydroxyl groups is 1. The number of amides is 3. The van der Waals surface area contributed by atoms with Crippen LogP contribution in [0.3, 0.4) is 0 Å². The smallest absolute Gasteiger partial charge is 0.342 e.